The van der Waals surface area contributed by atoms with Crippen LogP contribution in [0.4, 0.5) is 4.79 Å². The summed E-state index contributed by atoms with van der Waals surface area (Å²) in [5, 5.41) is 5.50. The van der Waals surface area contributed by atoms with Crippen molar-refractivity contribution in [3.8, 4) is 0 Å². The fourth-order valence-electron chi connectivity index (χ4n) is 3.02. The van der Waals surface area contributed by atoms with E-state index in [1.165, 1.54) is 6.42 Å². The zero-order valence-corrected chi connectivity index (χ0v) is 12.3. The maximum Gasteiger partial charge on any atom is 0.316 e. The molecule has 0 unspecified atom stereocenters. The maximum atomic E-state index is 12.1. The van der Waals surface area contributed by atoms with E-state index in [1.54, 1.807) is 24.3 Å². The summed E-state index contributed by atoms with van der Waals surface area (Å²) in [5.41, 5.74) is 0.781. The van der Waals surface area contributed by atoms with Crippen LogP contribution in [-0.2, 0) is 0 Å². The average molecular weight is 301 g/mol. The van der Waals surface area contributed by atoms with Gasteiger partial charge in [-0.15, -0.1) is 0 Å². The third-order valence-electron chi connectivity index (χ3n) is 4.22. The van der Waals surface area contributed by atoms with Gasteiger partial charge >= 0.3 is 6.03 Å². The molecule has 6 heteroatoms. The molecule has 0 saturated heterocycles. The minimum absolute atomic E-state index is 0.106. The molecule has 2 N–H and O–H groups in total. The van der Waals surface area contributed by atoms with Crippen molar-refractivity contribution in [2.75, 3.05) is 6.67 Å². The Labute approximate surface area is 128 Å². The number of carbonyl (C=O) groups is 3. The summed E-state index contributed by atoms with van der Waals surface area (Å²) in [4.78, 5) is 37.2. The number of fused-ring (bicyclic) bond motifs is 1. The Kier molecular flexibility index (Phi) is 4.09. The first-order valence-electron chi connectivity index (χ1n) is 7.66. The molecule has 2 aliphatic rings. The number of imide groups is 1. The molecule has 0 radical (unpaired) electrons. The van der Waals surface area contributed by atoms with E-state index in [0.29, 0.717) is 11.1 Å². The van der Waals surface area contributed by atoms with Crippen LogP contribution in [0.25, 0.3) is 0 Å². The zero-order chi connectivity index (χ0) is 15.5. The van der Waals surface area contributed by atoms with Gasteiger partial charge in [0.2, 0.25) is 0 Å². The molecule has 1 saturated carbocycles. The van der Waals surface area contributed by atoms with Crippen molar-refractivity contribution in [3.05, 3.63) is 35.4 Å². The molecule has 1 aromatic rings. The topological polar surface area (TPSA) is 78.5 Å². The predicted molar refractivity (Wildman–Crippen MR) is 80.3 cm³/mol. The Hall–Kier alpha value is -2.37. The SMILES string of the molecule is O=C(NCN1C(=O)c2ccccc2C1=O)NC1CCCCC1. The Morgan fingerprint density at radius 2 is 1.64 bits per heavy atom. The van der Waals surface area contributed by atoms with E-state index in [4.69, 9.17) is 0 Å². The molecule has 6 nitrogen and oxygen atoms in total. The number of hydrogen-bond acceptors (Lipinski definition) is 3. The van der Waals surface area contributed by atoms with Crippen LogP contribution in [-0.4, -0.2) is 35.5 Å². The summed E-state index contributed by atoms with van der Waals surface area (Å²) in [6.07, 6.45) is 5.45. The summed E-state index contributed by atoms with van der Waals surface area (Å²) in [6.45, 7) is -0.106. The van der Waals surface area contributed by atoms with Gasteiger partial charge in [-0.25, -0.2) is 4.79 Å². The van der Waals surface area contributed by atoms with Gasteiger partial charge in [0.1, 0.15) is 6.67 Å². The minimum Gasteiger partial charge on any atom is -0.335 e. The predicted octanol–water partition coefficient (Wildman–Crippen LogP) is 1.87. The maximum absolute atomic E-state index is 12.1. The molecule has 0 aromatic heterocycles. The standard InChI is InChI=1S/C16H19N3O3/c20-14-12-8-4-5-9-13(12)15(21)19(14)10-17-16(22)18-11-6-2-1-3-7-11/h4-5,8-9,11H,1-3,6-7,10H2,(H2,17,18,22). The molecule has 0 bridgehead atoms. The number of rotatable bonds is 3. The molecular formula is C16H19N3O3. The molecule has 22 heavy (non-hydrogen) atoms. The summed E-state index contributed by atoms with van der Waals surface area (Å²) >= 11 is 0. The van der Waals surface area contributed by atoms with Gasteiger partial charge < -0.3 is 10.6 Å². The molecule has 1 heterocycles. The molecule has 116 valence electrons. The second-order valence-electron chi connectivity index (χ2n) is 5.73. The Balaban J connectivity index is 1.55. The second-order valence-corrected chi connectivity index (χ2v) is 5.73. The number of urea groups is 1. The molecule has 0 atom stereocenters. The summed E-state index contributed by atoms with van der Waals surface area (Å²) in [6, 6.07) is 6.54. The Bertz CT molecular complexity index is 573. The van der Waals surface area contributed by atoms with Crippen LogP contribution in [0.2, 0.25) is 0 Å². The quantitative estimate of drug-likeness (QED) is 0.837. The highest BCUT2D eigenvalue weighted by Gasteiger charge is 2.35. The Morgan fingerprint density at radius 3 is 2.23 bits per heavy atom. The number of benzene rings is 1. The van der Waals surface area contributed by atoms with Crippen molar-refractivity contribution < 1.29 is 14.4 Å². The monoisotopic (exact) mass is 301 g/mol. The molecule has 0 spiro atoms. The van der Waals surface area contributed by atoms with Crippen LogP contribution in [0.3, 0.4) is 0 Å². The zero-order valence-electron chi connectivity index (χ0n) is 12.3. The van der Waals surface area contributed by atoms with Crippen LogP contribution in [0.1, 0.15) is 52.8 Å². The third-order valence-corrected chi connectivity index (χ3v) is 4.22. The lowest BCUT2D eigenvalue weighted by Gasteiger charge is -2.23. The van der Waals surface area contributed by atoms with Crippen LogP contribution < -0.4 is 10.6 Å². The van der Waals surface area contributed by atoms with Crippen LogP contribution in [0, 0.1) is 0 Å². The summed E-state index contributed by atoms with van der Waals surface area (Å²) in [5.74, 6) is -0.725. The molecule has 1 aliphatic carbocycles. The Morgan fingerprint density at radius 1 is 1.05 bits per heavy atom. The number of hydrogen-bond donors (Lipinski definition) is 2. The van der Waals surface area contributed by atoms with E-state index in [2.05, 4.69) is 10.6 Å². The number of carbonyl (C=O) groups excluding carboxylic acids is 3. The van der Waals surface area contributed by atoms with Crippen molar-refractivity contribution >= 4 is 17.8 Å². The van der Waals surface area contributed by atoms with Gasteiger partial charge in [0.15, 0.2) is 0 Å². The first kappa shape index (κ1) is 14.6. The van der Waals surface area contributed by atoms with Gasteiger partial charge in [-0.3, -0.25) is 14.5 Å². The fourth-order valence-corrected chi connectivity index (χ4v) is 3.02. The molecule has 1 aromatic carbocycles. The largest absolute Gasteiger partial charge is 0.335 e. The van der Waals surface area contributed by atoms with Crippen LogP contribution >= 0.6 is 0 Å². The van der Waals surface area contributed by atoms with Crippen molar-refractivity contribution in [2.45, 2.75) is 38.1 Å². The fraction of sp³-hybridized carbons (Fsp3) is 0.438. The molecule has 4 amide bonds. The van der Waals surface area contributed by atoms with E-state index in [-0.39, 0.29) is 30.6 Å². The van der Waals surface area contributed by atoms with Gasteiger partial charge in [-0.2, -0.15) is 0 Å². The highest BCUT2D eigenvalue weighted by atomic mass is 16.2. The van der Waals surface area contributed by atoms with Crippen molar-refractivity contribution in [1.29, 1.82) is 0 Å². The summed E-state index contributed by atoms with van der Waals surface area (Å²) in [7, 11) is 0. The molecule has 3 rings (SSSR count). The average Bonchev–Trinajstić information content (AvgIpc) is 2.78. The molecule has 1 aliphatic heterocycles. The highest BCUT2D eigenvalue weighted by molar-refractivity contribution is 6.21. The lowest BCUT2D eigenvalue weighted by atomic mass is 9.96. The molecular weight excluding hydrogens is 282 g/mol. The van der Waals surface area contributed by atoms with E-state index in [0.717, 1.165) is 30.6 Å². The van der Waals surface area contributed by atoms with E-state index >= 15 is 0 Å². The number of nitrogens with zero attached hydrogens (tertiary/aromatic N) is 1. The first-order valence-corrected chi connectivity index (χ1v) is 7.66. The van der Waals surface area contributed by atoms with E-state index in [1.807, 2.05) is 0 Å². The number of nitrogens with one attached hydrogen (secondary N) is 2. The van der Waals surface area contributed by atoms with Crippen LogP contribution in [0.15, 0.2) is 24.3 Å². The number of amides is 4. The van der Waals surface area contributed by atoms with Crippen molar-refractivity contribution in [2.24, 2.45) is 0 Å². The lowest BCUT2D eigenvalue weighted by molar-refractivity contribution is 0.0647. The van der Waals surface area contributed by atoms with Crippen molar-refractivity contribution in [3.63, 3.8) is 0 Å². The first-order chi connectivity index (χ1) is 10.7. The smallest absolute Gasteiger partial charge is 0.316 e. The van der Waals surface area contributed by atoms with Gasteiger partial charge in [-0.05, 0) is 25.0 Å². The lowest BCUT2D eigenvalue weighted by Crippen LogP contribution is -2.48. The molecule has 1 fully saturated rings. The summed E-state index contributed by atoms with van der Waals surface area (Å²) < 4.78 is 0. The third kappa shape index (κ3) is 2.81. The van der Waals surface area contributed by atoms with Gasteiger partial charge in [0, 0.05) is 6.04 Å². The van der Waals surface area contributed by atoms with E-state index in [9.17, 15) is 14.4 Å². The normalized spacial score (nSPS) is 18.3. The van der Waals surface area contributed by atoms with Gasteiger partial charge in [-0.1, -0.05) is 31.4 Å². The van der Waals surface area contributed by atoms with Crippen LogP contribution in [0.5, 0.6) is 0 Å². The van der Waals surface area contributed by atoms with E-state index < -0.39 is 0 Å². The van der Waals surface area contributed by atoms with Gasteiger partial charge in [0.05, 0.1) is 11.1 Å². The minimum atomic E-state index is -0.362. The van der Waals surface area contributed by atoms with Crippen molar-refractivity contribution in [1.82, 2.24) is 15.5 Å². The highest BCUT2D eigenvalue weighted by Crippen LogP contribution is 2.21. The second kappa shape index (κ2) is 6.17. The van der Waals surface area contributed by atoms with Gasteiger partial charge in [0.25, 0.3) is 11.8 Å².